The number of rotatable bonds is 2. The number of urea groups is 1. The lowest BCUT2D eigenvalue weighted by atomic mass is 10.1. The maximum absolute atomic E-state index is 11.9. The van der Waals surface area contributed by atoms with Crippen molar-refractivity contribution < 1.29 is 9.90 Å². The van der Waals surface area contributed by atoms with Crippen LogP contribution >= 0.6 is 0 Å². The van der Waals surface area contributed by atoms with Gasteiger partial charge in [-0.3, -0.25) is 0 Å². The van der Waals surface area contributed by atoms with Gasteiger partial charge in [0.2, 0.25) is 0 Å². The average molecular weight is 278 g/mol. The Morgan fingerprint density at radius 2 is 1.38 bits per heavy atom. The maximum atomic E-state index is 11.9. The highest BCUT2D eigenvalue weighted by atomic mass is 16.3. The molecular formula is C17H14N2O2. The van der Waals surface area contributed by atoms with Crippen molar-refractivity contribution in [1.29, 1.82) is 0 Å². The summed E-state index contributed by atoms with van der Waals surface area (Å²) in [7, 11) is 0. The van der Waals surface area contributed by atoms with Crippen molar-refractivity contribution in [3.05, 3.63) is 66.7 Å². The van der Waals surface area contributed by atoms with Crippen LogP contribution < -0.4 is 10.6 Å². The predicted octanol–water partition coefficient (Wildman–Crippen LogP) is 4.19. The molecule has 3 aromatic carbocycles. The smallest absolute Gasteiger partial charge is 0.323 e. The van der Waals surface area contributed by atoms with E-state index in [-0.39, 0.29) is 11.8 Å². The molecular weight excluding hydrogens is 264 g/mol. The van der Waals surface area contributed by atoms with E-state index in [1.807, 2.05) is 42.5 Å². The number of nitrogens with one attached hydrogen (secondary N) is 2. The SMILES string of the molecule is O=C(Nc1ccc(O)cc1)Nc1ccc2ccccc2c1. The van der Waals surface area contributed by atoms with Gasteiger partial charge in [0.05, 0.1) is 0 Å². The summed E-state index contributed by atoms with van der Waals surface area (Å²) in [5.41, 5.74) is 1.34. The first-order chi connectivity index (χ1) is 10.2. The van der Waals surface area contributed by atoms with Crippen LogP contribution in [0, 0.1) is 0 Å². The van der Waals surface area contributed by atoms with Crippen LogP contribution in [0.15, 0.2) is 66.7 Å². The summed E-state index contributed by atoms with van der Waals surface area (Å²) < 4.78 is 0. The molecule has 4 heteroatoms. The Morgan fingerprint density at radius 3 is 2.14 bits per heavy atom. The first-order valence-electron chi connectivity index (χ1n) is 6.56. The minimum absolute atomic E-state index is 0.162. The van der Waals surface area contributed by atoms with E-state index >= 15 is 0 Å². The number of carbonyl (C=O) groups is 1. The number of amides is 2. The van der Waals surface area contributed by atoms with E-state index in [1.54, 1.807) is 12.1 Å². The molecule has 0 aliphatic rings. The Balaban J connectivity index is 1.72. The van der Waals surface area contributed by atoms with Crippen LogP contribution in [-0.2, 0) is 0 Å². The van der Waals surface area contributed by atoms with Gasteiger partial charge < -0.3 is 15.7 Å². The zero-order valence-corrected chi connectivity index (χ0v) is 11.2. The lowest BCUT2D eigenvalue weighted by molar-refractivity contribution is 0.262. The fraction of sp³-hybridized carbons (Fsp3) is 0. The molecule has 0 aromatic heterocycles. The van der Waals surface area contributed by atoms with Gasteiger partial charge in [-0.25, -0.2) is 4.79 Å². The third-order valence-corrected chi connectivity index (χ3v) is 3.13. The van der Waals surface area contributed by atoms with Gasteiger partial charge in [-0.15, -0.1) is 0 Å². The molecule has 2 amide bonds. The van der Waals surface area contributed by atoms with Crippen molar-refractivity contribution in [2.24, 2.45) is 0 Å². The number of hydrogen-bond acceptors (Lipinski definition) is 2. The van der Waals surface area contributed by atoms with Crippen LogP contribution in [0.4, 0.5) is 16.2 Å². The molecule has 0 heterocycles. The summed E-state index contributed by atoms with van der Waals surface area (Å²) in [5, 5.41) is 16.9. The molecule has 104 valence electrons. The number of anilines is 2. The van der Waals surface area contributed by atoms with Gasteiger partial charge in [0.25, 0.3) is 0 Å². The van der Waals surface area contributed by atoms with Crippen LogP contribution in [0.1, 0.15) is 0 Å². The molecule has 21 heavy (non-hydrogen) atoms. The van der Waals surface area contributed by atoms with Gasteiger partial charge in [0.1, 0.15) is 5.75 Å². The van der Waals surface area contributed by atoms with Gasteiger partial charge in [-0.1, -0.05) is 30.3 Å². The third kappa shape index (κ3) is 3.12. The second-order valence-corrected chi connectivity index (χ2v) is 4.69. The van der Waals surface area contributed by atoms with Crippen molar-refractivity contribution in [3.63, 3.8) is 0 Å². The molecule has 3 aromatic rings. The van der Waals surface area contributed by atoms with Gasteiger partial charge in [0, 0.05) is 11.4 Å². The summed E-state index contributed by atoms with van der Waals surface area (Å²) in [6.07, 6.45) is 0. The summed E-state index contributed by atoms with van der Waals surface area (Å²) in [6.45, 7) is 0. The van der Waals surface area contributed by atoms with Crippen LogP contribution in [0.2, 0.25) is 0 Å². The van der Waals surface area contributed by atoms with E-state index in [9.17, 15) is 9.90 Å². The van der Waals surface area contributed by atoms with Crippen LogP contribution in [0.5, 0.6) is 5.75 Å². The topological polar surface area (TPSA) is 61.4 Å². The minimum atomic E-state index is -0.323. The molecule has 0 aliphatic heterocycles. The highest BCUT2D eigenvalue weighted by molar-refractivity contribution is 6.01. The summed E-state index contributed by atoms with van der Waals surface area (Å²) in [4.78, 5) is 11.9. The van der Waals surface area contributed by atoms with E-state index in [0.717, 1.165) is 16.5 Å². The highest BCUT2D eigenvalue weighted by Gasteiger charge is 2.03. The first-order valence-corrected chi connectivity index (χ1v) is 6.56. The second kappa shape index (κ2) is 5.54. The predicted molar refractivity (Wildman–Crippen MR) is 84.7 cm³/mol. The summed E-state index contributed by atoms with van der Waals surface area (Å²) in [5.74, 6) is 0.162. The van der Waals surface area contributed by atoms with E-state index in [0.29, 0.717) is 5.69 Å². The molecule has 3 N–H and O–H groups in total. The van der Waals surface area contributed by atoms with Crippen molar-refractivity contribution in [3.8, 4) is 5.75 Å². The molecule has 0 unspecified atom stereocenters. The Kier molecular flexibility index (Phi) is 3.43. The van der Waals surface area contributed by atoms with Gasteiger partial charge in [-0.2, -0.15) is 0 Å². The summed E-state index contributed by atoms with van der Waals surface area (Å²) in [6, 6.07) is 19.7. The van der Waals surface area contributed by atoms with E-state index < -0.39 is 0 Å². The van der Waals surface area contributed by atoms with Crippen molar-refractivity contribution in [2.75, 3.05) is 10.6 Å². The van der Waals surface area contributed by atoms with Crippen LogP contribution in [-0.4, -0.2) is 11.1 Å². The van der Waals surface area contributed by atoms with E-state index in [1.165, 1.54) is 12.1 Å². The average Bonchev–Trinajstić information content (AvgIpc) is 2.49. The zero-order valence-electron chi connectivity index (χ0n) is 11.2. The Hall–Kier alpha value is -3.01. The first kappa shape index (κ1) is 13.0. The molecule has 0 spiro atoms. The van der Waals surface area contributed by atoms with Crippen molar-refractivity contribution in [1.82, 2.24) is 0 Å². The molecule has 0 saturated carbocycles. The van der Waals surface area contributed by atoms with E-state index in [2.05, 4.69) is 10.6 Å². The van der Waals surface area contributed by atoms with Gasteiger partial charge in [0.15, 0.2) is 0 Å². The van der Waals surface area contributed by atoms with Gasteiger partial charge in [-0.05, 0) is 47.2 Å². The largest absolute Gasteiger partial charge is 0.508 e. The van der Waals surface area contributed by atoms with Crippen LogP contribution in [0.3, 0.4) is 0 Å². The molecule has 4 nitrogen and oxygen atoms in total. The zero-order chi connectivity index (χ0) is 14.7. The van der Waals surface area contributed by atoms with E-state index in [4.69, 9.17) is 0 Å². The quantitative estimate of drug-likeness (QED) is 0.615. The Morgan fingerprint density at radius 1 is 0.762 bits per heavy atom. The number of benzene rings is 3. The summed E-state index contributed by atoms with van der Waals surface area (Å²) >= 11 is 0. The second-order valence-electron chi connectivity index (χ2n) is 4.69. The number of fused-ring (bicyclic) bond motifs is 1. The monoisotopic (exact) mass is 278 g/mol. The number of phenols is 1. The molecule has 0 atom stereocenters. The standard InChI is InChI=1S/C17H14N2O2/c20-16-9-7-14(8-10-16)18-17(21)19-15-6-5-12-3-1-2-4-13(12)11-15/h1-11,20H,(H2,18,19,21). The lowest BCUT2D eigenvalue weighted by Crippen LogP contribution is -2.19. The minimum Gasteiger partial charge on any atom is -0.508 e. The van der Waals surface area contributed by atoms with Crippen molar-refractivity contribution in [2.45, 2.75) is 0 Å². The number of phenolic OH excluding ortho intramolecular Hbond substituents is 1. The fourth-order valence-corrected chi connectivity index (χ4v) is 2.11. The molecule has 0 bridgehead atoms. The normalized spacial score (nSPS) is 10.3. The molecule has 0 radical (unpaired) electrons. The highest BCUT2D eigenvalue weighted by Crippen LogP contribution is 2.19. The molecule has 0 fully saturated rings. The fourth-order valence-electron chi connectivity index (χ4n) is 2.11. The number of carbonyl (C=O) groups excluding carboxylic acids is 1. The van der Waals surface area contributed by atoms with Crippen LogP contribution in [0.25, 0.3) is 10.8 Å². The molecule has 3 rings (SSSR count). The third-order valence-electron chi connectivity index (χ3n) is 3.13. The number of aromatic hydroxyl groups is 1. The van der Waals surface area contributed by atoms with Crippen molar-refractivity contribution >= 4 is 28.2 Å². The Labute approximate surface area is 122 Å². The Bertz CT molecular complexity index is 782. The molecule has 0 aliphatic carbocycles. The molecule has 0 saturated heterocycles. The lowest BCUT2D eigenvalue weighted by Gasteiger charge is -2.08. The maximum Gasteiger partial charge on any atom is 0.323 e. The van der Waals surface area contributed by atoms with Gasteiger partial charge >= 0.3 is 6.03 Å². The number of hydrogen-bond donors (Lipinski definition) is 3.